The minimum Gasteiger partial charge on any atom is -0.497 e. The number of aromatic nitrogens is 1. The number of nitrogens with one attached hydrogen (secondary N) is 1. The largest absolute Gasteiger partial charge is 0.497 e. The number of ether oxygens (including phenoxy) is 2. The van der Waals surface area contributed by atoms with Crippen LogP contribution in [-0.2, 0) is 11.2 Å². The molecule has 1 heterocycles. The molecule has 0 aliphatic heterocycles. The second-order valence-corrected chi connectivity index (χ2v) is 7.90. The van der Waals surface area contributed by atoms with Gasteiger partial charge in [-0.2, -0.15) is 0 Å². The fourth-order valence-electron chi connectivity index (χ4n) is 3.23. The zero-order valence-electron chi connectivity index (χ0n) is 16.8. The summed E-state index contributed by atoms with van der Waals surface area (Å²) in [5.41, 5.74) is 2.68. The Kier molecular flexibility index (Phi) is 5.95. The number of carbonyl (C=O) groups is 1. The Morgan fingerprint density at radius 1 is 0.933 bits per heavy atom. The van der Waals surface area contributed by atoms with Crippen molar-refractivity contribution in [3.05, 3.63) is 83.4 Å². The third-order valence-electron chi connectivity index (χ3n) is 4.88. The monoisotopic (exact) mass is 418 g/mol. The molecule has 1 amide bonds. The van der Waals surface area contributed by atoms with Gasteiger partial charge in [-0.3, -0.25) is 4.79 Å². The molecule has 0 saturated carbocycles. The van der Waals surface area contributed by atoms with Gasteiger partial charge in [-0.1, -0.05) is 24.3 Å². The van der Waals surface area contributed by atoms with Crippen molar-refractivity contribution in [1.82, 2.24) is 4.98 Å². The van der Waals surface area contributed by atoms with Crippen LogP contribution in [-0.4, -0.2) is 25.1 Å². The first kappa shape index (κ1) is 19.9. The Labute approximate surface area is 179 Å². The average molecular weight is 419 g/mol. The van der Waals surface area contributed by atoms with E-state index >= 15 is 0 Å². The summed E-state index contributed by atoms with van der Waals surface area (Å²) in [6.45, 7) is 0. The molecule has 4 aromatic rings. The summed E-state index contributed by atoms with van der Waals surface area (Å²) in [4.78, 5) is 18.0. The fraction of sp³-hybridized carbons (Fsp3) is 0.167. The van der Waals surface area contributed by atoms with Crippen molar-refractivity contribution in [1.29, 1.82) is 0 Å². The molecular weight excluding hydrogens is 396 g/mol. The van der Waals surface area contributed by atoms with Gasteiger partial charge in [-0.25, -0.2) is 4.98 Å². The Morgan fingerprint density at radius 2 is 1.57 bits per heavy atom. The number of fused-ring (bicyclic) bond motifs is 1. The number of amides is 1. The lowest BCUT2D eigenvalue weighted by Gasteiger charge is -2.15. The second kappa shape index (κ2) is 8.97. The van der Waals surface area contributed by atoms with Crippen LogP contribution in [0.1, 0.15) is 16.5 Å². The van der Waals surface area contributed by atoms with Gasteiger partial charge < -0.3 is 14.8 Å². The molecule has 0 bridgehead atoms. The van der Waals surface area contributed by atoms with Crippen LogP contribution in [0.25, 0.3) is 10.2 Å². The maximum absolute atomic E-state index is 13.3. The molecule has 0 aliphatic rings. The van der Waals surface area contributed by atoms with E-state index in [1.807, 2.05) is 72.8 Å². The minimum absolute atomic E-state index is 0.0879. The number of nitrogens with zero attached hydrogens (tertiary/aromatic N) is 1. The van der Waals surface area contributed by atoms with E-state index in [-0.39, 0.29) is 5.91 Å². The van der Waals surface area contributed by atoms with Gasteiger partial charge in [0.1, 0.15) is 16.5 Å². The van der Waals surface area contributed by atoms with Gasteiger partial charge in [0.05, 0.1) is 30.4 Å². The number of rotatable bonds is 7. The van der Waals surface area contributed by atoms with Gasteiger partial charge in [0.15, 0.2) is 0 Å². The molecule has 0 fully saturated rings. The summed E-state index contributed by atoms with van der Waals surface area (Å²) in [6.07, 6.45) is 0.547. The second-order valence-electron chi connectivity index (χ2n) is 6.84. The predicted octanol–water partition coefficient (Wildman–Crippen LogP) is 5.28. The van der Waals surface area contributed by atoms with Gasteiger partial charge in [0.25, 0.3) is 0 Å². The zero-order chi connectivity index (χ0) is 20.9. The highest BCUT2D eigenvalue weighted by Gasteiger charge is 2.25. The Balaban J connectivity index is 1.63. The lowest BCUT2D eigenvalue weighted by molar-refractivity contribution is -0.117. The molecule has 0 spiro atoms. The summed E-state index contributed by atoms with van der Waals surface area (Å²) in [7, 11) is 3.26. The van der Waals surface area contributed by atoms with Crippen LogP contribution in [0.4, 0.5) is 5.69 Å². The SMILES string of the molecule is COc1ccc(CC(C(=O)Nc2ccc(OC)cc2)c2nc3ccccc3s2)cc1. The molecule has 3 aromatic carbocycles. The molecule has 0 aliphatic carbocycles. The van der Waals surface area contributed by atoms with Gasteiger partial charge in [-0.05, 0) is 60.5 Å². The molecular formula is C24H22N2O3S. The van der Waals surface area contributed by atoms with Crippen LogP contribution in [0, 0.1) is 0 Å². The van der Waals surface area contributed by atoms with E-state index in [4.69, 9.17) is 14.5 Å². The minimum atomic E-state index is -0.405. The van der Waals surface area contributed by atoms with E-state index in [9.17, 15) is 4.79 Å². The third kappa shape index (κ3) is 4.44. The number of para-hydroxylation sites is 1. The maximum atomic E-state index is 13.3. The topological polar surface area (TPSA) is 60.5 Å². The normalized spacial score (nSPS) is 11.8. The highest BCUT2D eigenvalue weighted by atomic mass is 32.1. The van der Waals surface area contributed by atoms with Gasteiger partial charge in [0, 0.05) is 5.69 Å². The van der Waals surface area contributed by atoms with Crippen LogP contribution >= 0.6 is 11.3 Å². The summed E-state index contributed by atoms with van der Waals surface area (Å²) < 4.78 is 11.5. The fourth-order valence-corrected chi connectivity index (χ4v) is 4.30. The number of benzene rings is 3. The Morgan fingerprint density at radius 3 is 2.20 bits per heavy atom. The molecule has 0 saturated heterocycles. The van der Waals surface area contributed by atoms with Crippen LogP contribution in [0.5, 0.6) is 11.5 Å². The number of carbonyl (C=O) groups excluding carboxylic acids is 1. The van der Waals surface area contributed by atoms with Crippen LogP contribution in [0.15, 0.2) is 72.8 Å². The van der Waals surface area contributed by atoms with Crippen LogP contribution < -0.4 is 14.8 Å². The molecule has 5 nitrogen and oxygen atoms in total. The van der Waals surface area contributed by atoms with E-state index in [2.05, 4.69) is 5.32 Å². The quantitative estimate of drug-likeness (QED) is 0.444. The van der Waals surface area contributed by atoms with E-state index in [0.717, 1.165) is 38.0 Å². The molecule has 0 radical (unpaired) electrons. The lowest BCUT2D eigenvalue weighted by Crippen LogP contribution is -2.23. The highest BCUT2D eigenvalue weighted by Crippen LogP contribution is 2.31. The molecule has 1 N–H and O–H groups in total. The van der Waals surface area contributed by atoms with Gasteiger partial charge in [0.2, 0.25) is 5.91 Å². The molecule has 4 rings (SSSR count). The predicted molar refractivity (Wildman–Crippen MR) is 121 cm³/mol. The van der Waals surface area contributed by atoms with E-state index in [0.29, 0.717) is 6.42 Å². The van der Waals surface area contributed by atoms with E-state index < -0.39 is 5.92 Å². The maximum Gasteiger partial charge on any atom is 0.234 e. The smallest absolute Gasteiger partial charge is 0.234 e. The number of hydrogen-bond acceptors (Lipinski definition) is 5. The first-order valence-corrected chi connectivity index (χ1v) is 10.4. The van der Waals surface area contributed by atoms with Crippen molar-refractivity contribution >= 4 is 33.1 Å². The van der Waals surface area contributed by atoms with Crippen molar-refractivity contribution in [3.63, 3.8) is 0 Å². The van der Waals surface area contributed by atoms with Crippen molar-refractivity contribution in [2.24, 2.45) is 0 Å². The lowest BCUT2D eigenvalue weighted by atomic mass is 9.98. The number of hydrogen-bond donors (Lipinski definition) is 1. The Bertz CT molecular complexity index is 1100. The van der Waals surface area contributed by atoms with Crippen LogP contribution in [0.2, 0.25) is 0 Å². The summed E-state index contributed by atoms with van der Waals surface area (Å²) >= 11 is 1.56. The molecule has 1 aromatic heterocycles. The standard InChI is InChI=1S/C24H22N2O3S/c1-28-18-11-7-16(8-12-18)15-20(24-26-21-5-3-4-6-22(21)30-24)23(27)25-17-9-13-19(29-2)14-10-17/h3-14,20H,15H2,1-2H3,(H,25,27). The average Bonchev–Trinajstić information content (AvgIpc) is 3.22. The third-order valence-corrected chi connectivity index (χ3v) is 6.03. The van der Waals surface area contributed by atoms with Crippen molar-refractivity contribution < 1.29 is 14.3 Å². The summed E-state index contributed by atoms with van der Waals surface area (Å²) in [6, 6.07) is 23.1. The highest BCUT2D eigenvalue weighted by molar-refractivity contribution is 7.18. The summed E-state index contributed by atoms with van der Waals surface area (Å²) in [5, 5.41) is 3.83. The van der Waals surface area contributed by atoms with Crippen LogP contribution in [0.3, 0.4) is 0 Å². The van der Waals surface area contributed by atoms with E-state index in [1.165, 1.54) is 0 Å². The molecule has 1 atom stereocenters. The van der Waals surface area contributed by atoms with E-state index in [1.54, 1.807) is 25.6 Å². The van der Waals surface area contributed by atoms with Crippen molar-refractivity contribution in [3.8, 4) is 11.5 Å². The molecule has 152 valence electrons. The molecule has 30 heavy (non-hydrogen) atoms. The first-order chi connectivity index (χ1) is 14.7. The van der Waals surface area contributed by atoms with Gasteiger partial charge >= 0.3 is 0 Å². The zero-order valence-corrected chi connectivity index (χ0v) is 17.6. The number of thiazole rings is 1. The molecule has 1 unspecified atom stereocenters. The summed E-state index contributed by atoms with van der Waals surface area (Å²) in [5.74, 6) is 1.04. The van der Waals surface area contributed by atoms with Crippen molar-refractivity contribution in [2.75, 3.05) is 19.5 Å². The van der Waals surface area contributed by atoms with Crippen molar-refractivity contribution in [2.45, 2.75) is 12.3 Å². The van der Waals surface area contributed by atoms with Gasteiger partial charge in [-0.15, -0.1) is 11.3 Å². The molecule has 6 heteroatoms. The Hall–Kier alpha value is -3.38. The number of methoxy groups -OCH3 is 2. The first-order valence-electron chi connectivity index (χ1n) is 9.59. The number of anilines is 1.